The zero-order valence-corrected chi connectivity index (χ0v) is 8.34. The Kier molecular flexibility index (Phi) is 3.64. The molecule has 1 heterocycles. The van der Waals surface area contributed by atoms with Crippen molar-refractivity contribution in [3.05, 3.63) is 18.7 Å². The van der Waals surface area contributed by atoms with Gasteiger partial charge in [-0.05, 0) is 13.8 Å². The second kappa shape index (κ2) is 4.76. The molecule has 1 aromatic rings. The molecule has 0 aliphatic heterocycles. The van der Waals surface area contributed by atoms with Crippen molar-refractivity contribution >= 4 is 5.91 Å². The number of aromatic nitrogens is 2. The fourth-order valence-electron chi connectivity index (χ4n) is 1.04. The summed E-state index contributed by atoms with van der Waals surface area (Å²) >= 11 is 0. The summed E-state index contributed by atoms with van der Waals surface area (Å²) < 4.78 is 1.71. The molecule has 0 saturated heterocycles. The molecule has 14 heavy (non-hydrogen) atoms. The molecular formula is C9H15N3O2. The van der Waals surface area contributed by atoms with Gasteiger partial charge in [-0.15, -0.1) is 0 Å². The predicted octanol–water partition coefficient (Wildman–Crippen LogP) is -0.0589. The topological polar surface area (TPSA) is 67.2 Å². The Balaban J connectivity index is 2.53. The fourth-order valence-corrected chi connectivity index (χ4v) is 1.04. The lowest BCUT2D eigenvalue weighted by atomic mass is 10.2. The summed E-state index contributed by atoms with van der Waals surface area (Å²) in [6.07, 6.45) is 4.95. The standard InChI is InChI=1S/C9H15N3O2/c1-7(5-13)11-9(14)8(2)12-4-3-10-6-12/h3-4,6-8,13H,5H2,1-2H3,(H,11,14)/t7?,8-/m0/s1. The van der Waals surface area contributed by atoms with E-state index >= 15 is 0 Å². The van der Waals surface area contributed by atoms with Gasteiger partial charge < -0.3 is 15.0 Å². The Morgan fingerprint density at radius 1 is 1.64 bits per heavy atom. The van der Waals surface area contributed by atoms with Gasteiger partial charge in [0.15, 0.2) is 0 Å². The quantitative estimate of drug-likeness (QED) is 0.710. The number of carbonyl (C=O) groups is 1. The third-order valence-electron chi connectivity index (χ3n) is 2.01. The first-order chi connectivity index (χ1) is 6.65. The number of hydrogen-bond acceptors (Lipinski definition) is 3. The Morgan fingerprint density at radius 2 is 2.36 bits per heavy atom. The van der Waals surface area contributed by atoms with Crippen molar-refractivity contribution in [2.75, 3.05) is 6.61 Å². The summed E-state index contributed by atoms with van der Waals surface area (Å²) in [5, 5.41) is 11.4. The molecule has 1 amide bonds. The van der Waals surface area contributed by atoms with Crippen molar-refractivity contribution in [3.63, 3.8) is 0 Å². The van der Waals surface area contributed by atoms with Crippen molar-refractivity contribution in [2.24, 2.45) is 0 Å². The first-order valence-corrected chi connectivity index (χ1v) is 4.53. The Labute approximate surface area is 82.8 Å². The second-order valence-electron chi connectivity index (χ2n) is 3.28. The van der Waals surface area contributed by atoms with Gasteiger partial charge in [0.1, 0.15) is 6.04 Å². The molecule has 0 bridgehead atoms. The van der Waals surface area contributed by atoms with Crippen LogP contribution in [0.4, 0.5) is 0 Å². The van der Waals surface area contributed by atoms with Crippen LogP contribution in [-0.2, 0) is 4.79 Å². The number of carbonyl (C=O) groups excluding carboxylic acids is 1. The van der Waals surface area contributed by atoms with Crippen molar-refractivity contribution < 1.29 is 9.90 Å². The van der Waals surface area contributed by atoms with Crippen LogP contribution >= 0.6 is 0 Å². The van der Waals surface area contributed by atoms with Gasteiger partial charge >= 0.3 is 0 Å². The number of aliphatic hydroxyl groups is 1. The van der Waals surface area contributed by atoms with E-state index in [0.29, 0.717) is 0 Å². The van der Waals surface area contributed by atoms with Crippen molar-refractivity contribution in [2.45, 2.75) is 25.9 Å². The van der Waals surface area contributed by atoms with E-state index in [-0.39, 0.29) is 24.6 Å². The van der Waals surface area contributed by atoms with Gasteiger partial charge in [-0.3, -0.25) is 4.79 Å². The summed E-state index contributed by atoms with van der Waals surface area (Å²) in [6, 6.07) is -0.514. The third kappa shape index (κ3) is 2.56. The highest BCUT2D eigenvalue weighted by Crippen LogP contribution is 2.04. The van der Waals surface area contributed by atoms with Crippen LogP contribution in [0.3, 0.4) is 0 Å². The van der Waals surface area contributed by atoms with Gasteiger partial charge in [-0.1, -0.05) is 0 Å². The first-order valence-electron chi connectivity index (χ1n) is 4.53. The lowest BCUT2D eigenvalue weighted by Crippen LogP contribution is -2.38. The average molecular weight is 197 g/mol. The highest BCUT2D eigenvalue weighted by Gasteiger charge is 2.15. The smallest absolute Gasteiger partial charge is 0.243 e. The molecule has 0 aliphatic rings. The maximum absolute atomic E-state index is 11.5. The van der Waals surface area contributed by atoms with Crippen LogP contribution in [-0.4, -0.2) is 33.2 Å². The highest BCUT2D eigenvalue weighted by atomic mass is 16.3. The number of nitrogens with zero attached hydrogens (tertiary/aromatic N) is 2. The molecule has 2 atom stereocenters. The van der Waals surface area contributed by atoms with Crippen molar-refractivity contribution in [1.82, 2.24) is 14.9 Å². The Morgan fingerprint density at radius 3 is 2.86 bits per heavy atom. The van der Waals surface area contributed by atoms with E-state index in [1.54, 1.807) is 37.1 Å². The largest absolute Gasteiger partial charge is 0.394 e. The normalized spacial score (nSPS) is 14.8. The molecule has 2 N–H and O–H groups in total. The fraction of sp³-hybridized carbons (Fsp3) is 0.556. The van der Waals surface area contributed by atoms with Crippen LogP contribution in [0.5, 0.6) is 0 Å². The van der Waals surface area contributed by atoms with E-state index in [1.807, 2.05) is 0 Å². The minimum absolute atomic E-state index is 0.0532. The molecule has 1 aromatic heterocycles. The maximum atomic E-state index is 11.5. The number of rotatable bonds is 4. The molecule has 1 unspecified atom stereocenters. The minimum Gasteiger partial charge on any atom is -0.394 e. The second-order valence-corrected chi connectivity index (χ2v) is 3.28. The maximum Gasteiger partial charge on any atom is 0.243 e. The Bertz CT molecular complexity index is 284. The molecule has 78 valence electrons. The number of nitrogens with one attached hydrogen (secondary N) is 1. The lowest BCUT2D eigenvalue weighted by molar-refractivity contribution is -0.124. The monoisotopic (exact) mass is 197 g/mol. The molecule has 1 rings (SSSR count). The van der Waals surface area contributed by atoms with Crippen LogP contribution in [0.25, 0.3) is 0 Å². The minimum atomic E-state index is -0.300. The van der Waals surface area contributed by atoms with E-state index in [0.717, 1.165) is 0 Å². The van der Waals surface area contributed by atoms with Crippen molar-refractivity contribution in [3.8, 4) is 0 Å². The zero-order valence-electron chi connectivity index (χ0n) is 8.34. The number of imidazole rings is 1. The summed E-state index contributed by atoms with van der Waals surface area (Å²) in [6.45, 7) is 3.47. The van der Waals surface area contributed by atoms with E-state index < -0.39 is 0 Å². The molecule has 0 radical (unpaired) electrons. The van der Waals surface area contributed by atoms with E-state index in [2.05, 4.69) is 10.3 Å². The molecule has 0 fully saturated rings. The van der Waals surface area contributed by atoms with Crippen LogP contribution in [0, 0.1) is 0 Å². The predicted molar refractivity (Wildman–Crippen MR) is 51.6 cm³/mol. The van der Waals surface area contributed by atoms with Crippen LogP contribution in [0.15, 0.2) is 18.7 Å². The molecule has 0 spiro atoms. The molecule has 5 nitrogen and oxygen atoms in total. The number of hydrogen-bond donors (Lipinski definition) is 2. The van der Waals surface area contributed by atoms with Crippen LogP contribution in [0.2, 0.25) is 0 Å². The van der Waals surface area contributed by atoms with Crippen molar-refractivity contribution in [1.29, 1.82) is 0 Å². The molecule has 5 heteroatoms. The average Bonchev–Trinajstić information content (AvgIpc) is 2.69. The van der Waals surface area contributed by atoms with Gasteiger partial charge in [-0.25, -0.2) is 4.98 Å². The third-order valence-corrected chi connectivity index (χ3v) is 2.01. The van der Waals surface area contributed by atoms with Gasteiger partial charge in [0.25, 0.3) is 0 Å². The summed E-state index contributed by atoms with van der Waals surface area (Å²) in [7, 11) is 0. The SMILES string of the molecule is CC(CO)NC(=O)[C@H](C)n1ccnc1. The molecule has 0 aromatic carbocycles. The molecule has 0 aliphatic carbocycles. The van der Waals surface area contributed by atoms with Crippen LogP contribution in [0.1, 0.15) is 19.9 Å². The summed E-state index contributed by atoms with van der Waals surface area (Å²) in [4.78, 5) is 15.4. The summed E-state index contributed by atoms with van der Waals surface area (Å²) in [5.74, 6) is -0.121. The van der Waals surface area contributed by atoms with E-state index in [4.69, 9.17) is 5.11 Å². The molecule has 0 saturated carbocycles. The van der Waals surface area contributed by atoms with E-state index in [9.17, 15) is 4.79 Å². The van der Waals surface area contributed by atoms with Gasteiger partial charge in [0.2, 0.25) is 5.91 Å². The van der Waals surface area contributed by atoms with E-state index in [1.165, 1.54) is 0 Å². The lowest BCUT2D eigenvalue weighted by Gasteiger charge is -2.16. The zero-order chi connectivity index (χ0) is 10.6. The summed E-state index contributed by atoms with van der Waals surface area (Å²) in [5.41, 5.74) is 0. The first kappa shape index (κ1) is 10.7. The van der Waals surface area contributed by atoms with Crippen LogP contribution < -0.4 is 5.32 Å². The van der Waals surface area contributed by atoms with Gasteiger partial charge in [-0.2, -0.15) is 0 Å². The molecular weight excluding hydrogens is 182 g/mol. The number of aliphatic hydroxyl groups excluding tert-OH is 1. The highest BCUT2D eigenvalue weighted by molar-refractivity contribution is 5.80. The Hall–Kier alpha value is -1.36. The number of amides is 1. The van der Waals surface area contributed by atoms with Gasteiger partial charge in [0.05, 0.1) is 12.9 Å². The van der Waals surface area contributed by atoms with Gasteiger partial charge in [0, 0.05) is 18.4 Å².